The van der Waals surface area contributed by atoms with E-state index in [1.165, 1.54) is 51.2 Å². The molecule has 0 N–H and O–H groups in total. The van der Waals surface area contributed by atoms with Crippen LogP contribution >= 0.6 is 0 Å². The number of carbonyl (C=O) groups excluding carboxylic acids is 2. The van der Waals surface area contributed by atoms with Crippen molar-refractivity contribution in [1.82, 2.24) is 4.90 Å². The number of hydrogen-bond acceptors (Lipinski definition) is 6. The van der Waals surface area contributed by atoms with Crippen LogP contribution in [0.3, 0.4) is 0 Å². The quantitative estimate of drug-likeness (QED) is 0.361. The second kappa shape index (κ2) is 13.9. The fourth-order valence-electron chi connectivity index (χ4n) is 7.93. The third-order valence-electron chi connectivity index (χ3n) is 10.0. The molecule has 0 aromatic heterocycles. The minimum absolute atomic E-state index is 0.0450. The molecule has 2 fully saturated rings. The zero-order valence-electron chi connectivity index (χ0n) is 27.8. The van der Waals surface area contributed by atoms with Crippen LogP contribution in [0.5, 0.6) is 0 Å². The molecule has 9 heteroatoms. The Hall–Kier alpha value is -2.75. The van der Waals surface area contributed by atoms with Crippen molar-refractivity contribution >= 4 is 33.0 Å². The number of hydrogen-bond donors (Lipinski definition) is 0. The highest BCUT2D eigenvalue weighted by atomic mass is 32.2. The lowest BCUT2D eigenvalue weighted by molar-refractivity contribution is -0.142. The molecule has 2 amide bonds. The Bertz CT molecular complexity index is 1460. The van der Waals surface area contributed by atoms with Crippen LogP contribution in [-0.4, -0.2) is 76.3 Å². The molecule has 2 aliphatic heterocycles. The van der Waals surface area contributed by atoms with Gasteiger partial charge in [-0.05, 0) is 88.0 Å². The van der Waals surface area contributed by atoms with Gasteiger partial charge in [-0.2, -0.15) is 0 Å². The van der Waals surface area contributed by atoms with Gasteiger partial charge in [0.15, 0.2) is 9.84 Å². The molecule has 45 heavy (non-hydrogen) atoms. The Morgan fingerprint density at radius 3 is 2.07 bits per heavy atom. The number of fused-ring (bicyclic) bond motifs is 1. The van der Waals surface area contributed by atoms with Gasteiger partial charge < -0.3 is 19.4 Å². The minimum atomic E-state index is -3.32. The zero-order chi connectivity index (χ0) is 32.4. The van der Waals surface area contributed by atoms with Crippen molar-refractivity contribution in [1.29, 1.82) is 0 Å². The van der Waals surface area contributed by atoms with E-state index in [1.807, 2.05) is 30.0 Å². The number of anilines is 2. The van der Waals surface area contributed by atoms with Crippen molar-refractivity contribution in [2.75, 3.05) is 43.2 Å². The van der Waals surface area contributed by atoms with Crippen LogP contribution in [0, 0.1) is 5.92 Å². The van der Waals surface area contributed by atoms with E-state index in [0.717, 1.165) is 36.9 Å². The summed E-state index contributed by atoms with van der Waals surface area (Å²) in [5, 5.41) is 0. The molecular weight excluding hydrogens is 586 g/mol. The van der Waals surface area contributed by atoms with Crippen molar-refractivity contribution < 1.29 is 22.7 Å². The van der Waals surface area contributed by atoms with Gasteiger partial charge in [-0.1, -0.05) is 63.1 Å². The van der Waals surface area contributed by atoms with Gasteiger partial charge in [0.2, 0.25) is 5.91 Å². The lowest BCUT2D eigenvalue weighted by atomic mass is 9.77. The number of amides is 2. The van der Waals surface area contributed by atoms with Gasteiger partial charge in [-0.3, -0.25) is 9.59 Å². The van der Waals surface area contributed by atoms with Gasteiger partial charge in [-0.25, -0.2) is 8.42 Å². The summed E-state index contributed by atoms with van der Waals surface area (Å²) in [5.41, 5.74) is 2.73. The molecule has 8 nitrogen and oxygen atoms in total. The van der Waals surface area contributed by atoms with E-state index >= 15 is 0 Å². The Morgan fingerprint density at radius 2 is 1.49 bits per heavy atom. The van der Waals surface area contributed by atoms with Crippen LogP contribution in [0.1, 0.15) is 84.5 Å². The molecule has 3 aliphatic rings. The number of ether oxygens (including phenoxy) is 1. The standard InChI is InChI=1S/C36H51N3O5S/c1-26-24-38(33-23-29(17-20-32(33)39(26)27(2)40)28-15-18-31(19-16-28)45(5,42)43)35(41)34-21-22-36(44-34,25-37(3)4)30-13-11-9-7-6-8-10-12-14-30/h15-20,23,26,30,34H,6-14,21-22,24-25H2,1-5H3/t26-,34?,36?/m0/s1. The first kappa shape index (κ1) is 33.6. The first-order valence-electron chi connectivity index (χ1n) is 16.8. The summed E-state index contributed by atoms with van der Waals surface area (Å²) in [7, 11) is 0.886. The summed E-state index contributed by atoms with van der Waals surface area (Å²) in [6.45, 7) is 4.73. The van der Waals surface area contributed by atoms with Crippen LogP contribution in [0.2, 0.25) is 0 Å². The van der Waals surface area contributed by atoms with Gasteiger partial charge in [0.1, 0.15) is 6.10 Å². The molecule has 3 atom stereocenters. The van der Waals surface area contributed by atoms with Gasteiger partial charge in [-0.15, -0.1) is 0 Å². The largest absolute Gasteiger partial charge is 0.360 e. The predicted molar refractivity (Wildman–Crippen MR) is 180 cm³/mol. The van der Waals surface area contributed by atoms with Crippen LogP contribution in [0.4, 0.5) is 11.4 Å². The van der Waals surface area contributed by atoms with Gasteiger partial charge in [0.05, 0.1) is 27.9 Å². The van der Waals surface area contributed by atoms with Crippen molar-refractivity contribution in [2.24, 2.45) is 5.92 Å². The van der Waals surface area contributed by atoms with Gasteiger partial charge >= 0.3 is 0 Å². The Morgan fingerprint density at radius 1 is 0.889 bits per heavy atom. The number of carbonyl (C=O) groups is 2. The summed E-state index contributed by atoms with van der Waals surface area (Å²) in [6.07, 6.45) is 13.4. The average molecular weight is 638 g/mol. The number of likely N-dealkylation sites (N-methyl/N-ethyl adjacent to an activating group) is 1. The van der Waals surface area contributed by atoms with E-state index in [0.29, 0.717) is 30.3 Å². The molecule has 1 saturated carbocycles. The molecule has 0 radical (unpaired) electrons. The smallest absolute Gasteiger partial charge is 0.256 e. The first-order valence-corrected chi connectivity index (χ1v) is 18.7. The highest BCUT2D eigenvalue weighted by molar-refractivity contribution is 7.90. The Kier molecular flexibility index (Phi) is 10.4. The average Bonchev–Trinajstić information content (AvgIpc) is 3.42. The molecule has 2 aromatic rings. The van der Waals surface area contributed by atoms with E-state index in [2.05, 4.69) is 19.0 Å². The van der Waals surface area contributed by atoms with Crippen LogP contribution in [0.25, 0.3) is 11.1 Å². The zero-order valence-corrected chi connectivity index (χ0v) is 28.6. The lowest BCUT2D eigenvalue weighted by Gasteiger charge is -2.43. The van der Waals surface area contributed by atoms with E-state index in [4.69, 9.17) is 4.74 Å². The SMILES string of the molecule is CC(=O)N1c2ccc(-c3ccc(S(C)(=O)=O)cc3)cc2N(C(=O)C2CCC(CN(C)C)(C3CCCCCCCCC3)O2)C[C@@H]1C. The monoisotopic (exact) mass is 637 g/mol. The maximum atomic E-state index is 14.5. The molecule has 246 valence electrons. The topological polar surface area (TPSA) is 87.2 Å². The predicted octanol–water partition coefficient (Wildman–Crippen LogP) is 6.47. The highest BCUT2D eigenvalue weighted by Crippen LogP contribution is 2.45. The van der Waals surface area contributed by atoms with Gasteiger partial charge in [0, 0.05) is 26.3 Å². The van der Waals surface area contributed by atoms with E-state index < -0.39 is 15.9 Å². The molecule has 1 aliphatic carbocycles. The van der Waals surface area contributed by atoms with Gasteiger partial charge in [0.25, 0.3) is 5.91 Å². The normalized spacial score (nSPS) is 25.3. The van der Waals surface area contributed by atoms with Crippen molar-refractivity contribution in [3.8, 4) is 11.1 Å². The van der Waals surface area contributed by atoms with Crippen LogP contribution in [0.15, 0.2) is 47.4 Å². The summed E-state index contributed by atoms with van der Waals surface area (Å²) in [6, 6.07) is 12.4. The van der Waals surface area contributed by atoms with Crippen LogP contribution < -0.4 is 9.80 Å². The van der Waals surface area contributed by atoms with Crippen molar-refractivity contribution in [3.05, 3.63) is 42.5 Å². The second-order valence-electron chi connectivity index (χ2n) is 13.9. The van der Waals surface area contributed by atoms with Crippen molar-refractivity contribution in [3.63, 3.8) is 0 Å². The molecule has 2 unspecified atom stereocenters. The maximum Gasteiger partial charge on any atom is 0.256 e. The molecule has 5 rings (SSSR count). The number of benzene rings is 2. The van der Waals surface area contributed by atoms with Crippen LogP contribution in [-0.2, 0) is 24.2 Å². The summed E-state index contributed by atoms with van der Waals surface area (Å²) in [5.74, 6) is 0.314. The molecule has 0 bridgehead atoms. The highest BCUT2D eigenvalue weighted by Gasteiger charge is 2.49. The number of rotatable bonds is 6. The molecule has 1 saturated heterocycles. The molecule has 2 heterocycles. The molecular formula is C36H51N3O5S. The summed E-state index contributed by atoms with van der Waals surface area (Å²) < 4.78 is 31.0. The number of nitrogens with zero attached hydrogens (tertiary/aromatic N) is 3. The maximum absolute atomic E-state index is 14.5. The third kappa shape index (κ3) is 7.47. The lowest BCUT2D eigenvalue weighted by Crippen LogP contribution is -2.54. The summed E-state index contributed by atoms with van der Waals surface area (Å²) in [4.78, 5) is 33.3. The number of sulfone groups is 1. The Labute approximate surface area is 270 Å². The molecule has 0 spiro atoms. The minimum Gasteiger partial charge on any atom is -0.360 e. The first-order chi connectivity index (χ1) is 21.4. The molecule has 2 aromatic carbocycles. The Balaban J connectivity index is 1.46. The second-order valence-corrected chi connectivity index (χ2v) is 15.9. The third-order valence-corrected chi connectivity index (χ3v) is 11.2. The van der Waals surface area contributed by atoms with E-state index in [1.54, 1.807) is 36.1 Å². The van der Waals surface area contributed by atoms with Crippen molar-refractivity contribution in [2.45, 2.75) is 107 Å². The fraction of sp³-hybridized carbons (Fsp3) is 0.611. The van der Waals surface area contributed by atoms with E-state index in [-0.39, 0.29) is 28.4 Å². The summed E-state index contributed by atoms with van der Waals surface area (Å²) >= 11 is 0. The fourth-order valence-corrected chi connectivity index (χ4v) is 8.56. The van der Waals surface area contributed by atoms with E-state index in [9.17, 15) is 18.0 Å².